The average Bonchev–Trinajstić information content (AvgIpc) is 2.55. The maximum atomic E-state index is 9.51. The van der Waals surface area contributed by atoms with Crippen molar-refractivity contribution < 1.29 is 9.84 Å². The molecular weight excluding hydrogens is 266 g/mol. The van der Waals surface area contributed by atoms with Crippen LogP contribution < -0.4 is 9.64 Å². The van der Waals surface area contributed by atoms with Gasteiger partial charge in [-0.05, 0) is 24.5 Å². The van der Waals surface area contributed by atoms with Gasteiger partial charge in [-0.25, -0.2) is 0 Å². The number of aliphatic hydroxyl groups is 1. The van der Waals surface area contributed by atoms with Crippen molar-refractivity contribution in [3.05, 3.63) is 48.0 Å². The van der Waals surface area contributed by atoms with Crippen LogP contribution in [0.1, 0.15) is 18.4 Å². The second-order valence-electron chi connectivity index (χ2n) is 5.22. The number of ether oxygens (including phenoxy) is 1. The van der Waals surface area contributed by atoms with E-state index in [1.807, 2.05) is 42.5 Å². The molecule has 110 valence electrons. The second-order valence-corrected chi connectivity index (χ2v) is 5.22. The summed E-state index contributed by atoms with van der Waals surface area (Å²) in [7, 11) is 0. The van der Waals surface area contributed by atoms with E-state index in [0.717, 1.165) is 37.3 Å². The first kappa shape index (κ1) is 13.8. The van der Waals surface area contributed by atoms with Crippen molar-refractivity contribution in [2.45, 2.75) is 25.6 Å². The molecule has 1 aromatic carbocycles. The van der Waals surface area contributed by atoms with Gasteiger partial charge in [-0.3, -0.25) is 0 Å². The van der Waals surface area contributed by atoms with Gasteiger partial charge in [0.1, 0.15) is 6.61 Å². The first-order valence-corrected chi connectivity index (χ1v) is 7.25. The fourth-order valence-electron chi connectivity index (χ4n) is 2.39. The minimum Gasteiger partial charge on any atom is -0.472 e. The summed E-state index contributed by atoms with van der Waals surface area (Å²) in [6.45, 7) is 2.13. The first-order chi connectivity index (χ1) is 10.3. The van der Waals surface area contributed by atoms with Gasteiger partial charge in [-0.1, -0.05) is 30.3 Å². The third-order valence-corrected chi connectivity index (χ3v) is 3.64. The van der Waals surface area contributed by atoms with Crippen LogP contribution in [0, 0.1) is 0 Å². The highest BCUT2D eigenvalue weighted by Gasteiger charge is 2.18. The number of aromatic nitrogens is 2. The molecule has 5 heteroatoms. The van der Waals surface area contributed by atoms with Gasteiger partial charge in [0.15, 0.2) is 5.82 Å². The summed E-state index contributed by atoms with van der Waals surface area (Å²) in [6, 6.07) is 13.7. The predicted molar refractivity (Wildman–Crippen MR) is 80.3 cm³/mol. The van der Waals surface area contributed by atoms with Gasteiger partial charge in [-0.15, -0.1) is 10.2 Å². The molecule has 0 saturated carbocycles. The molecule has 0 amide bonds. The van der Waals surface area contributed by atoms with Crippen LogP contribution in [0.5, 0.6) is 5.88 Å². The van der Waals surface area contributed by atoms with Crippen molar-refractivity contribution in [2.24, 2.45) is 0 Å². The molecule has 2 aromatic rings. The lowest BCUT2D eigenvalue weighted by Gasteiger charge is -2.30. The fourth-order valence-corrected chi connectivity index (χ4v) is 2.39. The summed E-state index contributed by atoms with van der Waals surface area (Å²) in [4.78, 5) is 2.14. The van der Waals surface area contributed by atoms with Crippen LogP contribution in [-0.2, 0) is 6.61 Å². The van der Waals surface area contributed by atoms with Crippen LogP contribution >= 0.6 is 0 Å². The minimum absolute atomic E-state index is 0.178. The number of rotatable bonds is 4. The van der Waals surface area contributed by atoms with E-state index >= 15 is 0 Å². The molecular formula is C16H19N3O2. The SMILES string of the molecule is OC1CCN(c2ccc(OCc3ccccc3)nn2)CC1. The van der Waals surface area contributed by atoms with Crippen molar-refractivity contribution in [3.63, 3.8) is 0 Å². The van der Waals surface area contributed by atoms with Crippen LogP contribution in [-0.4, -0.2) is 34.5 Å². The van der Waals surface area contributed by atoms with Crippen molar-refractivity contribution in [1.82, 2.24) is 10.2 Å². The fraction of sp³-hybridized carbons (Fsp3) is 0.375. The Morgan fingerprint density at radius 2 is 1.81 bits per heavy atom. The normalized spacial score (nSPS) is 16.0. The zero-order chi connectivity index (χ0) is 14.5. The van der Waals surface area contributed by atoms with Crippen molar-refractivity contribution >= 4 is 5.82 Å². The van der Waals surface area contributed by atoms with Crippen LogP contribution in [0.2, 0.25) is 0 Å². The van der Waals surface area contributed by atoms with E-state index < -0.39 is 0 Å². The molecule has 0 radical (unpaired) electrons. The summed E-state index contributed by atoms with van der Waals surface area (Å²) >= 11 is 0. The smallest absolute Gasteiger partial charge is 0.233 e. The first-order valence-electron chi connectivity index (χ1n) is 7.25. The Kier molecular flexibility index (Phi) is 4.31. The van der Waals surface area contributed by atoms with Gasteiger partial charge >= 0.3 is 0 Å². The highest BCUT2D eigenvalue weighted by molar-refractivity contribution is 5.38. The molecule has 0 atom stereocenters. The monoisotopic (exact) mass is 285 g/mol. The lowest BCUT2D eigenvalue weighted by Crippen LogP contribution is -2.36. The Bertz CT molecular complexity index is 551. The molecule has 1 fully saturated rings. The molecule has 0 unspecified atom stereocenters. The van der Waals surface area contributed by atoms with Gasteiger partial charge in [0, 0.05) is 19.2 Å². The van der Waals surface area contributed by atoms with Crippen molar-refractivity contribution in [2.75, 3.05) is 18.0 Å². The Morgan fingerprint density at radius 1 is 1.05 bits per heavy atom. The lowest BCUT2D eigenvalue weighted by molar-refractivity contribution is 0.145. The molecule has 2 heterocycles. The number of nitrogens with zero attached hydrogens (tertiary/aromatic N) is 3. The highest BCUT2D eigenvalue weighted by atomic mass is 16.5. The maximum Gasteiger partial charge on any atom is 0.233 e. The number of piperidine rings is 1. The largest absolute Gasteiger partial charge is 0.472 e. The molecule has 0 bridgehead atoms. The second kappa shape index (κ2) is 6.54. The number of anilines is 1. The summed E-state index contributed by atoms with van der Waals surface area (Å²) < 4.78 is 5.62. The van der Waals surface area contributed by atoms with E-state index in [9.17, 15) is 5.11 Å². The Hall–Kier alpha value is -2.14. The van der Waals surface area contributed by atoms with Crippen LogP contribution in [0.15, 0.2) is 42.5 Å². The van der Waals surface area contributed by atoms with Gasteiger partial charge < -0.3 is 14.7 Å². The number of benzene rings is 1. The third-order valence-electron chi connectivity index (χ3n) is 3.64. The summed E-state index contributed by atoms with van der Waals surface area (Å²) in [5, 5.41) is 17.8. The Balaban J connectivity index is 1.57. The van der Waals surface area contributed by atoms with Gasteiger partial charge in [0.25, 0.3) is 0 Å². The topological polar surface area (TPSA) is 58.5 Å². The predicted octanol–water partition coefficient (Wildman–Crippen LogP) is 2.02. The van der Waals surface area contributed by atoms with E-state index in [1.165, 1.54) is 0 Å². The molecule has 3 rings (SSSR count). The maximum absolute atomic E-state index is 9.51. The van der Waals surface area contributed by atoms with E-state index in [-0.39, 0.29) is 6.10 Å². The highest BCUT2D eigenvalue weighted by Crippen LogP contribution is 2.19. The third kappa shape index (κ3) is 3.70. The molecule has 1 aliphatic heterocycles. The van der Waals surface area contributed by atoms with Gasteiger partial charge in [0.2, 0.25) is 5.88 Å². The number of aliphatic hydroxyl groups excluding tert-OH is 1. The summed E-state index contributed by atoms with van der Waals surface area (Å²) in [5.41, 5.74) is 1.10. The van der Waals surface area contributed by atoms with Crippen LogP contribution in [0.4, 0.5) is 5.82 Å². The summed E-state index contributed by atoms with van der Waals surface area (Å²) in [6.07, 6.45) is 1.39. The Labute approximate surface area is 124 Å². The number of hydrogen-bond donors (Lipinski definition) is 1. The molecule has 0 spiro atoms. The molecule has 1 N–H and O–H groups in total. The van der Waals surface area contributed by atoms with Crippen LogP contribution in [0.25, 0.3) is 0 Å². The Morgan fingerprint density at radius 3 is 2.48 bits per heavy atom. The van der Waals surface area contributed by atoms with Gasteiger partial charge in [0.05, 0.1) is 6.10 Å². The van der Waals surface area contributed by atoms with E-state index in [0.29, 0.717) is 12.5 Å². The van der Waals surface area contributed by atoms with Crippen molar-refractivity contribution in [3.8, 4) is 5.88 Å². The molecule has 1 aromatic heterocycles. The van der Waals surface area contributed by atoms with Crippen molar-refractivity contribution in [1.29, 1.82) is 0 Å². The zero-order valence-electron chi connectivity index (χ0n) is 11.9. The molecule has 5 nitrogen and oxygen atoms in total. The minimum atomic E-state index is -0.178. The average molecular weight is 285 g/mol. The van der Waals surface area contributed by atoms with E-state index in [1.54, 1.807) is 0 Å². The van der Waals surface area contributed by atoms with E-state index in [4.69, 9.17) is 4.74 Å². The molecule has 21 heavy (non-hydrogen) atoms. The molecule has 1 saturated heterocycles. The van der Waals surface area contributed by atoms with Crippen LogP contribution in [0.3, 0.4) is 0 Å². The van der Waals surface area contributed by atoms with E-state index in [2.05, 4.69) is 15.1 Å². The summed E-state index contributed by atoms with van der Waals surface area (Å²) in [5.74, 6) is 1.37. The number of hydrogen-bond acceptors (Lipinski definition) is 5. The van der Waals surface area contributed by atoms with Gasteiger partial charge in [-0.2, -0.15) is 0 Å². The zero-order valence-corrected chi connectivity index (χ0v) is 11.9. The quantitative estimate of drug-likeness (QED) is 0.931. The standard InChI is InChI=1S/C16H19N3O2/c20-14-8-10-19(11-9-14)15-6-7-16(18-17-15)21-12-13-4-2-1-3-5-13/h1-7,14,20H,8-12H2. The molecule has 1 aliphatic rings. The molecule has 0 aliphatic carbocycles. The lowest BCUT2D eigenvalue weighted by atomic mass is 10.1.